The molecule has 2 heteroatoms. The van der Waals surface area contributed by atoms with Crippen LogP contribution in [0, 0.1) is 5.41 Å². The van der Waals surface area contributed by atoms with Crippen molar-refractivity contribution in [3.8, 4) is 5.75 Å². The predicted molar refractivity (Wildman–Crippen MR) is 83.3 cm³/mol. The van der Waals surface area contributed by atoms with Crippen LogP contribution in [0.4, 0.5) is 0 Å². The maximum Gasteiger partial charge on any atom is 0.122 e. The van der Waals surface area contributed by atoms with E-state index in [1.54, 1.807) is 0 Å². The van der Waals surface area contributed by atoms with Crippen molar-refractivity contribution in [2.45, 2.75) is 58.4 Å². The first-order valence-electron chi connectivity index (χ1n) is 8.22. The molecular formula is C18H27NO. The molecule has 1 aliphatic heterocycles. The maximum atomic E-state index is 5.75. The molecule has 1 unspecified atom stereocenters. The van der Waals surface area contributed by atoms with E-state index in [4.69, 9.17) is 4.74 Å². The lowest BCUT2D eigenvalue weighted by atomic mass is 9.76. The van der Waals surface area contributed by atoms with Crippen LogP contribution < -0.4 is 10.1 Å². The first kappa shape index (κ1) is 13.9. The van der Waals surface area contributed by atoms with Gasteiger partial charge >= 0.3 is 0 Å². The Labute approximate surface area is 122 Å². The largest absolute Gasteiger partial charge is 0.493 e. The van der Waals surface area contributed by atoms with E-state index in [1.807, 2.05) is 0 Å². The third-order valence-electron chi connectivity index (χ3n) is 5.12. The summed E-state index contributed by atoms with van der Waals surface area (Å²) in [6.45, 7) is 6.59. The lowest BCUT2D eigenvalue weighted by Gasteiger charge is -2.36. The Morgan fingerprint density at radius 3 is 2.80 bits per heavy atom. The van der Waals surface area contributed by atoms with Crippen LogP contribution in [-0.2, 0) is 6.42 Å². The fourth-order valence-corrected chi connectivity index (χ4v) is 4.00. The Kier molecular flexibility index (Phi) is 4.02. The number of hydrogen-bond donors (Lipinski definition) is 1. The predicted octanol–water partition coefficient (Wildman–Crippen LogP) is 4.24. The number of ether oxygens (including phenoxy) is 1. The number of rotatable bonds is 4. The van der Waals surface area contributed by atoms with Gasteiger partial charge in [0.1, 0.15) is 5.75 Å². The molecule has 0 saturated heterocycles. The Hall–Kier alpha value is -1.02. The fourth-order valence-electron chi connectivity index (χ4n) is 4.00. The standard InChI is InChI=1S/C18H27NO/c1-3-19-17(18(2)10-4-5-11-18)15-8-9-16-14(13-15)7-6-12-20-16/h8-9,13,17,19H,3-7,10-12H2,1-2H3. The summed E-state index contributed by atoms with van der Waals surface area (Å²) in [5.74, 6) is 1.10. The number of nitrogens with one attached hydrogen (secondary N) is 1. The van der Waals surface area contributed by atoms with Crippen molar-refractivity contribution in [1.29, 1.82) is 0 Å². The molecule has 3 rings (SSSR count). The summed E-state index contributed by atoms with van der Waals surface area (Å²) >= 11 is 0. The molecule has 1 N–H and O–H groups in total. The van der Waals surface area contributed by atoms with Crippen LogP contribution in [0.25, 0.3) is 0 Å². The zero-order valence-electron chi connectivity index (χ0n) is 12.9. The third kappa shape index (κ3) is 2.58. The molecule has 1 aliphatic carbocycles. The Morgan fingerprint density at radius 1 is 1.25 bits per heavy atom. The SMILES string of the molecule is CCNC(c1ccc2c(c1)CCCO2)C1(C)CCCC1. The second kappa shape index (κ2) is 5.77. The number of fused-ring (bicyclic) bond motifs is 1. The molecule has 20 heavy (non-hydrogen) atoms. The molecule has 1 atom stereocenters. The summed E-state index contributed by atoms with van der Waals surface area (Å²) in [5, 5.41) is 3.75. The van der Waals surface area contributed by atoms with Gasteiger partial charge in [0.2, 0.25) is 0 Å². The number of benzene rings is 1. The highest BCUT2D eigenvalue weighted by Crippen LogP contribution is 2.47. The highest BCUT2D eigenvalue weighted by molar-refractivity contribution is 5.40. The molecule has 1 heterocycles. The molecule has 1 saturated carbocycles. The summed E-state index contributed by atoms with van der Waals surface area (Å²) < 4.78 is 5.75. The molecule has 0 spiro atoms. The molecule has 1 fully saturated rings. The van der Waals surface area contributed by atoms with Crippen LogP contribution in [0.5, 0.6) is 5.75 Å². The van der Waals surface area contributed by atoms with E-state index in [9.17, 15) is 0 Å². The summed E-state index contributed by atoms with van der Waals surface area (Å²) in [5.41, 5.74) is 3.28. The van der Waals surface area contributed by atoms with Crippen molar-refractivity contribution < 1.29 is 4.74 Å². The van der Waals surface area contributed by atoms with E-state index in [-0.39, 0.29) is 0 Å². The van der Waals surface area contributed by atoms with Gasteiger partial charge in [0.25, 0.3) is 0 Å². The normalized spacial score (nSPS) is 22.1. The van der Waals surface area contributed by atoms with Gasteiger partial charge in [-0.15, -0.1) is 0 Å². The maximum absolute atomic E-state index is 5.75. The molecule has 2 nitrogen and oxygen atoms in total. The van der Waals surface area contributed by atoms with Crippen LogP contribution in [-0.4, -0.2) is 13.2 Å². The van der Waals surface area contributed by atoms with E-state index < -0.39 is 0 Å². The van der Waals surface area contributed by atoms with E-state index in [0.29, 0.717) is 11.5 Å². The van der Waals surface area contributed by atoms with Gasteiger partial charge in [-0.3, -0.25) is 0 Å². The average molecular weight is 273 g/mol. The number of hydrogen-bond acceptors (Lipinski definition) is 2. The highest BCUT2D eigenvalue weighted by Gasteiger charge is 2.37. The van der Waals surface area contributed by atoms with Gasteiger partial charge < -0.3 is 10.1 Å². The van der Waals surface area contributed by atoms with Gasteiger partial charge in [0.05, 0.1) is 6.61 Å². The molecular weight excluding hydrogens is 246 g/mol. The van der Waals surface area contributed by atoms with Crippen molar-refractivity contribution in [3.63, 3.8) is 0 Å². The van der Waals surface area contributed by atoms with E-state index in [2.05, 4.69) is 37.4 Å². The lowest BCUT2D eigenvalue weighted by molar-refractivity contribution is 0.225. The first-order chi connectivity index (χ1) is 9.73. The quantitative estimate of drug-likeness (QED) is 0.886. The third-order valence-corrected chi connectivity index (χ3v) is 5.12. The molecule has 2 aliphatic rings. The minimum atomic E-state index is 0.416. The lowest BCUT2D eigenvalue weighted by Crippen LogP contribution is -2.34. The van der Waals surface area contributed by atoms with Gasteiger partial charge in [-0.05, 0) is 54.8 Å². The fraction of sp³-hybridized carbons (Fsp3) is 0.667. The van der Waals surface area contributed by atoms with Crippen molar-refractivity contribution in [3.05, 3.63) is 29.3 Å². The zero-order valence-corrected chi connectivity index (χ0v) is 12.9. The number of aryl methyl sites for hydroxylation is 1. The minimum absolute atomic E-state index is 0.416. The summed E-state index contributed by atoms with van der Waals surface area (Å²) in [7, 11) is 0. The molecule has 0 bridgehead atoms. The van der Waals surface area contributed by atoms with Crippen molar-refractivity contribution >= 4 is 0 Å². The molecule has 0 aromatic heterocycles. The topological polar surface area (TPSA) is 21.3 Å². The summed E-state index contributed by atoms with van der Waals surface area (Å²) in [4.78, 5) is 0. The smallest absolute Gasteiger partial charge is 0.122 e. The van der Waals surface area contributed by atoms with Gasteiger partial charge in [0.15, 0.2) is 0 Å². The van der Waals surface area contributed by atoms with Gasteiger partial charge in [0, 0.05) is 6.04 Å². The van der Waals surface area contributed by atoms with Gasteiger partial charge in [-0.2, -0.15) is 0 Å². The second-order valence-electron chi connectivity index (χ2n) is 6.67. The van der Waals surface area contributed by atoms with Gasteiger partial charge in [-0.25, -0.2) is 0 Å². The van der Waals surface area contributed by atoms with Crippen molar-refractivity contribution in [2.75, 3.05) is 13.2 Å². The summed E-state index contributed by atoms with van der Waals surface area (Å²) in [6, 6.07) is 7.35. The summed E-state index contributed by atoms with van der Waals surface area (Å²) in [6.07, 6.45) is 7.77. The van der Waals surface area contributed by atoms with Crippen LogP contribution in [0.15, 0.2) is 18.2 Å². The molecule has 1 aromatic rings. The average Bonchev–Trinajstić information content (AvgIpc) is 2.92. The monoisotopic (exact) mass is 273 g/mol. The Morgan fingerprint density at radius 2 is 2.05 bits per heavy atom. The van der Waals surface area contributed by atoms with Crippen LogP contribution in [0.2, 0.25) is 0 Å². The van der Waals surface area contributed by atoms with Crippen molar-refractivity contribution in [1.82, 2.24) is 5.32 Å². The molecule has 0 radical (unpaired) electrons. The zero-order chi connectivity index (χ0) is 14.0. The molecule has 0 amide bonds. The van der Waals surface area contributed by atoms with Gasteiger partial charge in [-0.1, -0.05) is 38.8 Å². The Balaban J connectivity index is 1.91. The minimum Gasteiger partial charge on any atom is -0.493 e. The van der Waals surface area contributed by atoms with E-state index >= 15 is 0 Å². The molecule has 110 valence electrons. The van der Waals surface area contributed by atoms with Crippen molar-refractivity contribution in [2.24, 2.45) is 5.41 Å². The first-order valence-corrected chi connectivity index (χ1v) is 8.22. The molecule has 1 aromatic carbocycles. The van der Waals surface area contributed by atoms with Crippen LogP contribution >= 0.6 is 0 Å². The Bertz CT molecular complexity index is 462. The van der Waals surface area contributed by atoms with E-state index in [1.165, 1.54) is 43.2 Å². The van der Waals surface area contributed by atoms with E-state index in [0.717, 1.165) is 25.3 Å². The highest BCUT2D eigenvalue weighted by atomic mass is 16.5. The van der Waals surface area contributed by atoms with Crippen LogP contribution in [0.1, 0.15) is 63.1 Å². The second-order valence-corrected chi connectivity index (χ2v) is 6.67. The van der Waals surface area contributed by atoms with Crippen LogP contribution in [0.3, 0.4) is 0 Å².